The highest BCUT2D eigenvalue weighted by atomic mass is 32.1. The summed E-state index contributed by atoms with van der Waals surface area (Å²) in [7, 11) is 1.87. The molecule has 1 atom stereocenters. The second-order valence-corrected chi connectivity index (χ2v) is 7.86. The van der Waals surface area contributed by atoms with Gasteiger partial charge in [0.1, 0.15) is 11.2 Å². The van der Waals surface area contributed by atoms with Gasteiger partial charge in [0.2, 0.25) is 6.29 Å². The fourth-order valence-corrected chi connectivity index (χ4v) is 4.48. The Kier molecular flexibility index (Phi) is 4.38. The van der Waals surface area contributed by atoms with Crippen LogP contribution >= 0.6 is 11.3 Å². The quantitative estimate of drug-likeness (QED) is 0.547. The predicted octanol–water partition coefficient (Wildman–Crippen LogP) is 3.58. The number of aliphatic hydroxyl groups excluding tert-OH is 1. The molecular formula is C20H21N3O3S. The van der Waals surface area contributed by atoms with E-state index in [1.165, 1.54) is 4.68 Å². The van der Waals surface area contributed by atoms with Crippen molar-refractivity contribution in [2.24, 2.45) is 7.05 Å². The molecule has 140 valence electrons. The van der Waals surface area contributed by atoms with E-state index in [1.807, 2.05) is 62.7 Å². The van der Waals surface area contributed by atoms with Gasteiger partial charge in [-0.3, -0.25) is 4.79 Å². The number of nitrogens with zero attached hydrogens (tertiary/aromatic N) is 3. The first-order valence-corrected chi connectivity index (χ1v) is 9.62. The van der Waals surface area contributed by atoms with E-state index >= 15 is 0 Å². The highest BCUT2D eigenvalue weighted by molar-refractivity contribution is 7.20. The third-order valence-electron chi connectivity index (χ3n) is 4.69. The van der Waals surface area contributed by atoms with Gasteiger partial charge in [-0.15, -0.1) is 11.3 Å². The van der Waals surface area contributed by atoms with Crippen molar-refractivity contribution < 1.29 is 9.84 Å². The SMILES string of the molecule is CCOC(O)c1nn(-c2ccc(C)cc2)c(=O)c2c1c1sc(C)cc1n2C. The van der Waals surface area contributed by atoms with Crippen LogP contribution in [0.5, 0.6) is 0 Å². The zero-order chi connectivity index (χ0) is 19.3. The van der Waals surface area contributed by atoms with Crippen LogP contribution in [-0.4, -0.2) is 26.1 Å². The van der Waals surface area contributed by atoms with Crippen LogP contribution in [0.2, 0.25) is 0 Å². The number of aryl methyl sites for hydroxylation is 3. The Morgan fingerprint density at radius 1 is 1.26 bits per heavy atom. The van der Waals surface area contributed by atoms with E-state index in [2.05, 4.69) is 5.10 Å². The molecule has 1 unspecified atom stereocenters. The Balaban J connectivity index is 2.13. The molecular weight excluding hydrogens is 362 g/mol. The van der Waals surface area contributed by atoms with E-state index in [1.54, 1.807) is 11.3 Å². The van der Waals surface area contributed by atoms with Crippen molar-refractivity contribution >= 4 is 32.5 Å². The van der Waals surface area contributed by atoms with Crippen LogP contribution in [-0.2, 0) is 11.8 Å². The van der Waals surface area contributed by atoms with Crippen LogP contribution in [0.1, 0.15) is 29.3 Å². The molecule has 6 nitrogen and oxygen atoms in total. The first-order chi connectivity index (χ1) is 12.9. The molecule has 7 heteroatoms. The fourth-order valence-electron chi connectivity index (χ4n) is 3.39. The van der Waals surface area contributed by atoms with Crippen molar-refractivity contribution in [1.29, 1.82) is 0 Å². The van der Waals surface area contributed by atoms with Gasteiger partial charge in [0.05, 0.1) is 21.3 Å². The molecule has 4 rings (SSSR count). The smallest absolute Gasteiger partial charge is 0.296 e. The van der Waals surface area contributed by atoms with Crippen molar-refractivity contribution in [3.8, 4) is 5.69 Å². The largest absolute Gasteiger partial charge is 0.363 e. The average molecular weight is 383 g/mol. The van der Waals surface area contributed by atoms with Gasteiger partial charge in [-0.2, -0.15) is 9.78 Å². The van der Waals surface area contributed by atoms with Crippen LogP contribution in [0.3, 0.4) is 0 Å². The maximum atomic E-state index is 13.3. The molecule has 0 spiro atoms. The molecule has 0 bridgehead atoms. The number of rotatable bonds is 4. The Labute approximate surface area is 160 Å². The maximum Gasteiger partial charge on any atom is 0.296 e. The molecule has 1 aromatic carbocycles. The van der Waals surface area contributed by atoms with Gasteiger partial charge in [-0.1, -0.05) is 17.7 Å². The Morgan fingerprint density at radius 2 is 1.96 bits per heavy atom. The molecule has 0 aliphatic carbocycles. The Bertz CT molecular complexity index is 1200. The summed E-state index contributed by atoms with van der Waals surface area (Å²) in [6.45, 7) is 6.16. The van der Waals surface area contributed by atoms with Crippen molar-refractivity contribution in [2.75, 3.05) is 6.61 Å². The number of aliphatic hydroxyl groups is 1. The lowest BCUT2D eigenvalue weighted by Gasteiger charge is -2.14. The minimum atomic E-state index is -1.21. The van der Waals surface area contributed by atoms with Crippen LogP contribution in [0.15, 0.2) is 35.1 Å². The molecule has 3 aromatic heterocycles. The second kappa shape index (κ2) is 6.60. The number of fused-ring (bicyclic) bond motifs is 3. The summed E-state index contributed by atoms with van der Waals surface area (Å²) in [5, 5.41) is 15.8. The Morgan fingerprint density at radius 3 is 2.63 bits per heavy atom. The summed E-state index contributed by atoms with van der Waals surface area (Å²) in [6, 6.07) is 9.61. The minimum absolute atomic E-state index is 0.218. The van der Waals surface area contributed by atoms with Gasteiger partial charge in [-0.25, -0.2) is 0 Å². The molecule has 0 radical (unpaired) electrons. The average Bonchev–Trinajstić information content (AvgIpc) is 3.14. The normalized spacial score (nSPS) is 12.9. The molecule has 0 aliphatic heterocycles. The molecule has 0 aliphatic rings. The third kappa shape index (κ3) is 2.79. The molecule has 0 fully saturated rings. The number of ether oxygens (including phenoxy) is 1. The number of hydrogen-bond donors (Lipinski definition) is 1. The molecule has 0 saturated carbocycles. The van der Waals surface area contributed by atoms with E-state index in [0.29, 0.717) is 28.9 Å². The zero-order valence-corrected chi connectivity index (χ0v) is 16.5. The topological polar surface area (TPSA) is 69.3 Å². The van der Waals surface area contributed by atoms with Crippen LogP contribution in [0, 0.1) is 13.8 Å². The molecule has 4 aromatic rings. The summed E-state index contributed by atoms with van der Waals surface area (Å²) < 4.78 is 9.59. The number of benzene rings is 1. The lowest BCUT2D eigenvalue weighted by atomic mass is 10.2. The van der Waals surface area contributed by atoms with Gasteiger partial charge >= 0.3 is 0 Å². The van der Waals surface area contributed by atoms with Gasteiger partial charge in [0, 0.05) is 18.5 Å². The highest BCUT2D eigenvalue weighted by Gasteiger charge is 2.25. The van der Waals surface area contributed by atoms with Crippen molar-refractivity contribution in [3.63, 3.8) is 0 Å². The van der Waals surface area contributed by atoms with Gasteiger partial charge < -0.3 is 14.4 Å². The van der Waals surface area contributed by atoms with E-state index in [9.17, 15) is 9.90 Å². The summed E-state index contributed by atoms with van der Waals surface area (Å²) in [5.41, 5.74) is 3.36. The fraction of sp³-hybridized carbons (Fsp3) is 0.300. The first kappa shape index (κ1) is 17.9. The predicted molar refractivity (Wildman–Crippen MR) is 108 cm³/mol. The van der Waals surface area contributed by atoms with E-state index in [4.69, 9.17) is 4.74 Å². The first-order valence-electron chi connectivity index (χ1n) is 8.80. The van der Waals surface area contributed by atoms with E-state index in [0.717, 1.165) is 20.7 Å². The number of aromatic nitrogens is 3. The van der Waals surface area contributed by atoms with Crippen LogP contribution in [0.4, 0.5) is 0 Å². The summed E-state index contributed by atoms with van der Waals surface area (Å²) in [4.78, 5) is 14.4. The summed E-state index contributed by atoms with van der Waals surface area (Å²) >= 11 is 1.59. The number of hydrogen-bond acceptors (Lipinski definition) is 5. The molecule has 0 amide bonds. The Hall–Kier alpha value is -2.48. The van der Waals surface area contributed by atoms with Crippen molar-refractivity contribution in [3.05, 3.63) is 56.8 Å². The molecule has 3 heterocycles. The lowest BCUT2D eigenvalue weighted by Crippen LogP contribution is -2.25. The second-order valence-electron chi connectivity index (χ2n) is 6.60. The lowest BCUT2D eigenvalue weighted by molar-refractivity contribution is -0.100. The zero-order valence-electron chi connectivity index (χ0n) is 15.7. The minimum Gasteiger partial charge on any atom is -0.363 e. The number of thiophene rings is 1. The van der Waals surface area contributed by atoms with Crippen molar-refractivity contribution in [2.45, 2.75) is 27.1 Å². The van der Waals surface area contributed by atoms with Gasteiger partial charge in [0.25, 0.3) is 5.56 Å². The molecule has 1 N–H and O–H groups in total. The third-order valence-corrected chi connectivity index (χ3v) is 5.75. The van der Waals surface area contributed by atoms with Crippen molar-refractivity contribution in [1.82, 2.24) is 14.3 Å². The van der Waals surface area contributed by atoms with Gasteiger partial charge in [-0.05, 0) is 39.0 Å². The summed E-state index contributed by atoms with van der Waals surface area (Å²) in [6.07, 6.45) is -1.21. The van der Waals surface area contributed by atoms with Crippen LogP contribution in [0.25, 0.3) is 26.8 Å². The monoisotopic (exact) mass is 383 g/mol. The molecule has 0 saturated heterocycles. The standard InChI is InChI=1S/C20H21N3O3S/c1-5-26-20(25)16-15-17(22(4)14-10-12(3)27-18(14)15)19(24)23(21-16)13-8-6-11(2)7-9-13/h6-10,20,25H,5H2,1-4H3. The summed E-state index contributed by atoms with van der Waals surface area (Å²) in [5.74, 6) is 0. The highest BCUT2D eigenvalue weighted by Crippen LogP contribution is 2.36. The van der Waals surface area contributed by atoms with E-state index < -0.39 is 6.29 Å². The van der Waals surface area contributed by atoms with Gasteiger partial charge in [0.15, 0.2) is 0 Å². The molecule has 27 heavy (non-hydrogen) atoms. The van der Waals surface area contributed by atoms with Crippen LogP contribution < -0.4 is 5.56 Å². The van der Waals surface area contributed by atoms with E-state index in [-0.39, 0.29) is 5.56 Å². The maximum absolute atomic E-state index is 13.3.